The van der Waals surface area contributed by atoms with Crippen LogP contribution in [0.5, 0.6) is 5.75 Å². The molecule has 0 heterocycles. The third-order valence-electron chi connectivity index (χ3n) is 3.36. The Kier molecular flexibility index (Phi) is 4.86. The summed E-state index contributed by atoms with van der Waals surface area (Å²) in [5, 5.41) is 2.43. The van der Waals surface area contributed by atoms with Crippen LogP contribution in [0.3, 0.4) is 0 Å². The summed E-state index contributed by atoms with van der Waals surface area (Å²) in [4.78, 5) is 11.9. The first-order valence-corrected chi connectivity index (χ1v) is 7.00. The lowest BCUT2D eigenvalue weighted by Gasteiger charge is -2.13. The van der Waals surface area contributed by atoms with Gasteiger partial charge >= 0.3 is 5.97 Å². The number of methoxy groups -OCH3 is 1. The molecule has 0 unspecified atom stereocenters. The maximum Gasteiger partial charge on any atom is 0.313 e. The quantitative estimate of drug-likeness (QED) is 0.609. The molecular weight excluding hydrogens is 288 g/mol. The summed E-state index contributed by atoms with van der Waals surface area (Å²) in [5.41, 5.74) is 0.887. The fourth-order valence-electron chi connectivity index (χ4n) is 2.12. The average Bonchev–Trinajstić information content (AvgIpc) is 2.51. The first kappa shape index (κ1) is 15.4. The Morgan fingerprint density at radius 1 is 1.38 bits per heavy atom. The number of hydrogen-bond acceptors (Lipinski definition) is 3. The number of rotatable bonds is 5. The van der Waals surface area contributed by atoms with Crippen LogP contribution in [-0.4, -0.2) is 19.7 Å². The molecule has 0 fully saturated rings. The Morgan fingerprint density at radius 2 is 2.14 bits per heavy atom. The number of hydrogen-bond donors (Lipinski definition) is 0. The van der Waals surface area contributed by atoms with E-state index >= 15 is 0 Å². The second-order valence-electron chi connectivity index (χ2n) is 4.70. The molecule has 0 N–H and O–H groups in total. The van der Waals surface area contributed by atoms with Crippen LogP contribution in [0.15, 0.2) is 43.0 Å². The molecule has 0 aliphatic rings. The fraction of sp³-hybridized carbons (Fsp3) is 0.235. The molecule has 0 amide bonds. The topological polar surface area (TPSA) is 35.5 Å². The normalized spacial score (nSPS) is 12.0. The van der Waals surface area contributed by atoms with Crippen molar-refractivity contribution in [1.82, 2.24) is 0 Å². The van der Waals surface area contributed by atoms with Crippen LogP contribution in [0.2, 0.25) is 5.02 Å². The molecule has 21 heavy (non-hydrogen) atoms. The van der Waals surface area contributed by atoms with E-state index in [4.69, 9.17) is 21.1 Å². The van der Waals surface area contributed by atoms with Gasteiger partial charge < -0.3 is 9.47 Å². The second-order valence-corrected chi connectivity index (χ2v) is 5.08. The van der Waals surface area contributed by atoms with E-state index in [-0.39, 0.29) is 18.5 Å². The van der Waals surface area contributed by atoms with Gasteiger partial charge in [-0.1, -0.05) is 48.5 Å². The highest BCUT2D eigenvalue weighted by molar-refractivity contribution is 6.37. The summed E-state index contributed by atoms with van der Waals surface area (Å²) >= 11 is 6.28. The zero-order chi connectivity index (χ0) is 15.4. The van der Waals surface area contributed by atoms with E-state index in [1.54, 1.807) is 13.2 Å². The highest BCUT2D eigenvalue weighted by Crippen LogP contribution is 2.34. The van der Waals surface area contributed by atoms with Crippen molar-refractivity contribution in [3.8, 4) is 5.75 Å². The van der Waals surface area contributed by atoms with Gasteiger partial charge in [0.15, 0.2) is 0 Å². The van der Waals surface area contributed by atoms with Gasteiger partial charge in [0.05, 0.1) is 18.1 Å². The molecule has 0 spiro atoms. The van der Waals surface area contributed by atoms with Crippen molar-refractivity contribution in [3.63, 3.8) is 0 Å². The maximum absolute atomic E-state index is 11.9. The summed E-state index contributed by atoms with van der Waals surface area (Å²) in [6, 6.07) is 9.46. The minimum Gasteiger partial charge on any atom is -0.495 e. The standard InChI is InChI=1S/C17H17ClO3/c1-4-9-21-17(19)11(2)12-5-7-14-13(10-12)6-8-15(20-3)16(14)18/h4-8,10-11H,1,9H2,2-3H3/t11-/m0/s1. The number of ether oxygens (including phenoxy) is 2. The van der Waals surface area contributed by atoms with Gasteiger partial charge in [-0.2, -0.15) is 0 Å². The lowest BCUT2D eigenvalue weighted by molar-refractivity contribution is -0.143. The molecule has 0 bridgehead atoms. The molecule has 2 rings (SSSR count). The molecular formula is C17H17ClO3. The van der Waals surface area contributed by atoms with Crippen LogP contribution in [0.25, 0.3) is 10.8 Å². The van der Waals surface area contributed by atoms with Crippen LogP contribution in [0, 0.1) is 0 Å². The largest absolute Gasteiger partial charge is 0.495 e. The van der Waals surface area contributed by atoms with E-state index in [0.717, 1.165) is 16.3 Å². The number of fused-ring (bicyclic) bond motifs is 1. The van der Waals surface area contributed by atoms with Crippen molar-refractivity contribution >= 4 is 28.3 Å². The van der Waals surface area contributed by atoms with Crippen molar-refractivity contribution in [2.45, 2.75) is 12.8 Å². The summed E-state index contributed by atoms with van der Waals surface area (Å²) in [6.07, 6.45) is 1.55. The highest BCUT2D eigenvalue weighted by Gasteiger charge is 2.17. The first-order chi connectivity index (χ1) is 10.1. The predicted molar refractivity (Wildman–Crippen MR) is 85.1 cm³/mol. The second kappa shape index (κ2) is 6.64. The van der Waals surface area contributed by atoms with Gasteiger partial charge in [0.2, 0.25) is 0 Å². The molecule has 0 aromatic heterocycles. The fourth-order valence-corrected chi connectivity index (χ4v) is 2.43. The molecule has 0 saturated heterocycles. The van der Waals surface area contributed by atoms with Crippen molar-refractivity contribution in [3.05, 3.63) is 53.6 Å². The number of benzene rings is 2. The van der Waals surface area contributed by atoms with Gasteiger partial charge in [-0.3, -0.25) is 4.79 Å². The first-order valence-electron chi connectivity index (χ1n) is 6.62. The van der Waals surface area contributed by atoms with Crippen LogP contribution in [-0.2, 0) is 9.53 Å². The molecule has 0 saturated carbocycles. The Labute approximate surface area is 129 Å². The molecule has 3 nitrogen and oxygen atoms in total. The summed E-state index contributed by atoms with van der Waals surface area (Å²) in [7, 11) is 1.58. The van der Waals surface area contributed by atoms with Gasteiger partial charge in [0.1, 0.15) is 12.4 Å². The molecule has 110 valence electrons. The average molecular weight is 305 g/mol. The zero-order valence-corrected chi connectivity index (χ0v) is 12.8. The van der Waals surface area contributed by atoms with Crippen LogP contribution >= 0.6 is 11.6 Å². The number of halogens is 1. The molecule has 0 radical (unpaired) electrons. The lowest BCUT2D eigenvalue weighted by atomic mass is 9.98. The van der Waals surface area contributed by atoms with Crippen molar-refractivity contribution in [2.75, 3.05) is 13.7 Å². The van der Waals surface area contributed by atoms with E-state index in [2.05, 4.69) is 6.58 Å². The third kappa shape index (κ3) is 3.19. The van der Waals surface area contributed by atoms with Crippen molar-refractivity contribution < 1.29 is 14.3 Å². The molecule has 4 heteroatoms. The van der Waals surface area contributed by atoms with Crippen LogP contribution in [0.1, 0.15) is 18.4 Å². The smallest absolute Gasteiger partial charge is 0.313 e. The van der Waals surface area contributed by atoms with Gasteiger partial charge in [-0.05, 0) is 23.9 Å². The van der Waals surface area contributed by atoms with Crippen LogP contribution < -0.4 is 4.74 Å². The van der Waals surface area contributed by atoms with E-state index < -0.39 is 0 Å². The third-order valence-corrected chi connectivity index (χ3v) is 3.75. The molecule has 1 atom stereocenters. The Morgan fingerprint density at radius 3 is 2.81 bits per heavy atom. The van der Waals surface area contributed by atoms with Gasteiger partial charge in [0, 0.05) is 5.39 Å². The van der Waals surface area contributed by atoms with Gasteiger partial charge in [-0.15, -0.1) is 0 Å². The molecule has 2 aromatic carbocycles. The maximum atomic E-state index is 11.9. The van der Waals surface area contributed by atoms with E-state index in [9.17, 15) is 4.79 Å². The summed E-state index contributed by atoms with van der Waals surface area (Å²) in [6.45, 7) is 5.57. The molecule has 0 aliphatic carbocycles. The minimum absolute atomic E-state index is 0.222. The highest BCUT2D eigenvalue weighted by atomic mass is 35.5. The number of esters is 1. The number of carbonyl (C=O) groups excluding carboxylic acids is 1. The lowest BCUT2D eigenvalue weighted by Crippen LogP contribution is -2.13. The van der Waals surface area contributed by atoms with Crippen molar-refractivity contribution in [2.24, 2.45) is 0 Å². The van der Waals surface area contributed by atoms with E-state index in [0.29, 0.717) is 10.8 Å². The number of carbonyl (C=O) groups is 1. The Bertz CT molecular complexity index is 679. The monoisotopic (exact) mass is 304 g/mol. The SMILES string of the molecule is C=CCOC(=O)[C@@H](C)c1ccc2c(Cl)c(OC)ccc2c1. The zero-order valence-electron chi connectivity index (χ0n) is 12.1. The summed E-state index contributed by atoms with van der Waals surface area (Å²) < 4.78 is 10.3. The van der Waals surface area contributed by atoms with E-state index in [1.807, 2.05) is 37.3 Å². The molecule has 0 aliphatic heterocycles. The Hall–Kier alpha value is -2.00. The van der Waals surface area contributed by atoms with E-state index in [1.165, 1.54) is 0 Å². The van der Waals surface area contributed by atoms with Crippen LogP contribution in [0.4, 0.5) is 0 Å². The Balaban J connectivity index is 2.35. The van der Waals surface area contributed by atoms with Crippen molar-refractivity contribution in [1.29, 1.82) is 0 Å². The van der Waals surface area contributed by atoms with Gasteiger partial charge in [-0.25, -0.2) is 0 Å². The summed E-state index contributed by atoms with van der Waals surface area (Å²) in [5.74, 6) is 0.0273. The van der Waals surface area contributed by atoms with Gasteiger partial charge in [0.25, 0.3) is 0 Å². The predicted octanol–water partition coefficient (Wildman–Crippen LogP) is 4.33. The minimum atomic E-state index is -0.338. The molecule has 2 aromatic rings.